The van der Waals surface area contributed by atoms with Gasteiger partial charge in [0, 0.05) is 11.1 Å². The van der Waals surface area contributed by atoms with Gasteiger partial charge in [0.05, 0.1) is 13.2 Å². The largest absolute Gasteiger partial charge is 0.462 e. The topological polar surface area (TPSA) is 52.6 Å². The highest BCUT2D eigenvalue weighted by Crippen LogP contribution is 2.27. The van der Waals surface area contributed by atoms with Gasteiger partial charge in [-0.25, -0.2) is 9.59 Å². The normalized spacial score (nSPS) is 12.7. The lowest BCUT2D eigenvalue weighted by atomic mass is 9.86. The quantitative estimate of drug-likeness (QED) is 0.529. The van der Waals surface area contributed by atoms with Crippen LogP contribution in [0.2, 0.25) is 0 Å². The molecule has 0 aromatic rings. The SMILES string of the molecule is CCCOC(=O)C(C)=C(CC(C)(C)C)C(=O)OCCC. The first-order chi connectivity index (χ1) is 9.22. The fourth-order valence-electron chi connectivity index (χ4n) is 1.60. The molecule has 0 aromatic heterocycles. The monoisotopic (exact) mass is 284 g/mol. The summed E-state index contributed by atoms with van der Waals surface area (Å²) in [6, 6.07) is 0. The van der Waals surface area contributed by atoms with E-state index in [1.807, 2.05) is 34.6 Å². The summed E-state index contributed by atoms with van der Waals surface area (Å²) in [5.41, 5.74) is 0.675. The summed E-state index contributed by atoms with van der Waals surface area (Å²) in [6.45, 7) is 12.3. The third-order valence-corrected chi connectivity index (χ3v) is 2.59. The minimum atomic E-state index is -0.431. The number of rotatable bonds is 7. The van der Waals surface area contributed by atoms with Crippen LogP contribution < -0.4 is 0 Å². The zero-order chi connectivity index (χ0) is 15.8. The van der Waals surface area contributed by atoms with Gasteiger partial charge in [-0.3, -0.25) is 0 Å². The van der Waals surface area contributed by atoms with Gasteiger partial charge in [0.2, 0.25) is 0 Å². The van der Waals surface area contributed by atoms with Crippen LogP contribution in [-0.2, 0) is 19.1 Å². The Kier molecular flexibility index (Phi) is 8.19. The maximum absolute atomic E-state index is 12.1. The average molecular weight is 284 g/mol. The minimum Gasteiger partial charge on any atom is -0.462 e. The van der Waals surface area contributed by atoms with Gasteiger partial charge in [0.1, 0.15) is 0 Å². The second-order valence-electron chi connectivity index (χ2n) is 6.11. The van der Waals surface area contributed by atoms with Crippen LogP contribution in [0.4, 0.5) is 0 Å². The van der Waals surface area contributed by atoms with E-state index in [4.69, 9.17) is 9.47 Å². The number of carbonyl (C=O) groups excluding carboxylic acids is 2. The zero-order valence-corrected chi connectivity index (χ0v) is 13.7. The number of esters is 2. The molecule has 4 heteroatoms. The molecule has 0 aliphatic carbocycles. The molecule has 116 valence electrons. The van der Waals surface area contributed by atoms with Crippen LogP contribution in [0.25, 0.3) is 0 Å². The molecule has 4 nitrogen and oxygen atoms in total. The van der Waals surface area contributed by atoms with Crippen molar-refractivity contribution in [2.45, 2.75) is 60.8 Å². The molecule has 0 atom stereocenters. The van der Waals surface area contributed by atoms with Gasteiger partial charge in [-0.15, -0.1) is 0 Å². The molecule has 0 fully saturated rings. The van der Waals surface area contributed by atoms with Crippen molar-refractivity contribution in [2.24, 2.45) is 5.41 Å². The van der Waals surface area contributed by atoms with Crippen LogP contribution >= 0.6 is 0 Å². The van der Waals surface area contributed by atoms with Crippen LogP contribution in [0.15, 0.2) is 11.1 Å². The lowest BCUT2D eigenvalue weighted by molar-refractivity contribution is -0.142. The van der Waals surface area contributed by atoms with Crippen molar-refractivity contribution < 1.29 is 19.1 Å². The molecule has 0 aliphatic heterocycles. The van der Waals surface area contributed by atoms with Gasteiger partial charge in [-0.2, -0.15) is 0 Å². The van der Waals surface area contributed by atoms with Crippen molar-refractivity contribution in [2.75, 3.05) is 13.2 Å². The second-order valence-corrected chi connectivity index (χ2v) is 6.11. The van der Waals surface area contributed by atoms with Crippen LogP contribution in [-0.4, -0.2) is 25.2 Å². The van der Waals surface area contributed by atoms with E-state index in [2.05, 4.69) is 0 Å². The van der Waals surface area contributed by atoms with E-state index >= 15 is 0 Å². The average Bonchev–Trinajstić information content (AvgIpc) is 2.37. The Balaban J connectivity index is 5.16. The summed E-state index contributed by atoms with van der Waals surface area (Å²) in [5, 5.41) is 0. The third-order valence-electron chi connectivity index (χ3n) is 2.59. The smallest absolute Gasteiger partial charge is 0.334 e. The van der Waals surface area contributed by atoms with Crippen LogP contribution in [0, 0.1) is 5.41 Å². The van der Waals surface area contributed by atoms with E-state index in [9.17, 15) is 9.59 Å². The molecular weight excluding hydrogens is 256 g/mol. The van der Waals surface area contributed by atoms with Crippen molar-refractivity contribution in [3.05, 3.63) is 11.1 Å². The Labute approximate surface area is 122 Å². The highest BCUT2D eigenvalue weighted by Gasteiger charge is 2.25. The van der Waals surface area contributed by atoms with Crippen LogP contribution in [0.1, 0.15) is 60.8 Å². The zero-order valence-electron chi connectivity index (χ0n) is 13.7. The molecular formula is C16H28O4. The van der Waals surface area contributed by atoms with Gasteiger partial charge >= 0.3 is 11.9 Å². The molecule has 0 radical (unpaired) electrons. The van der Waals surface area contributed by atoms with Gasteiger partial charge in [-0.05, 0) is 31.6 Å². The van der Waals surface area contributed by atoms with E-state index < -0.39 is 11.9 Å². The molecule has 0 saturated carbocycles. The van der Waals surface area contributed by atoms with Gasteiger partial charge in [0.15, 0.2) is 0 Å². The molecule has 0 rings (SSSR count). The second kappa shape index (κ2) is 8.77. The third kappa shape index (κ3) is 7.31. The Hall–Kier alpha value is -1.32. The fraction of sp³-hybridized carbons (Fsp3) is 0.750. The van der Waals surface area contributed by atoms with Crippen molar-refractivity contribution in [3.63, 3.8) is 0 Å². The number of hydrogen-bond acceptors (Lipinski definition) is 4. The van der Waals surface area contributed by atoms with Crippen molar-refractivity contribution in [1.82, 2.24) is 0 Å². The standard InChI is InChI=1S/C16H28O4/c1-7-9-19-14(17)12(3)13(11-16(4,5)6)15(18)20-10-8-2/h7-11H2,1-6H3. The van der Waals surface area contributed by atoms with Gasteiger partial charge < -0.3 is 9.47 Å². The molecule has 0 saturated heterocycles. The molecule has 0 bridgehead atoms. The molecule has 0 amide bonds. The number of hydrogen-bond donors (Lipinski definition) is 0. The molecule has 0 aromatic carbocycles. The highest BCUT2D eigenvalue weighted by atomic mass is 16.5. The van der Waals surface area contributed by atoms with Gasteiger partial charge in [0.25, 0.3) is 0 Å². The summed E-state index contributed by atoms with van der Waals surface area (Å²) >= 11 is 0. The summed E-state index contributed by atoms with van der Waals surface area (Å²) in [4.78, 5) is 24.0. The van der Waals surface area contributed by atoms with E-state index in [0.29, 0.717) is 30.8 Å². The van der Waals surface area contributed by atoms with E-state index in [1.54, 1.807) is 6.92 Å². The summed E-state index contributed by atoms with van der Waals surface area (Å²) in [7, 11) is 0. The van der Waals surface area contributed by atoms with Crippen LogP contribution in [0.3, 0.4) is 0 Å². The maximum atomic E-state index is 12.1. The molecule has 20 heavy (non-hydrogen) atoms. The molecule has 0 N–H and O–H groups in total. The highest BCUT2D eigenvalue weighted by molar-refractivity contribution is 6.00. The first-order valence-corrected chi connectivity index (χ1v) is 7.27. The number of ether oxygens (including phenoxy) is 2. The minimum absolute atomic E-state index is 0.104. The lowest BCUT2D eigenvalue weighted by Crippen LogP contribution is -2.20. The Morgan fingerprint density at radius 3 is 1.75 bits per heavy atom. The molecule has 0 unspecified atom stereocenters. The first kappa shape index (κ1) is 18.7. The van der Waals surface area contributed by atoms with Crippen molar-refractivity contribution in [3.8, 4) is 0 Å². The fourth-order valence-corrected chi connectivity index (χ4v) is 1.60. The van der Waals surface area contributed by atoms with Crippen molar-refractivity contribution >= 4 is 11.9 Å². The van der Waals surface area contributed by atoms with Crippen LogP contribution in [0.5, 0.6) is 0 Å². The lowest BCUT2D eigenvalue weighted by Gasteiger charge is -2.21. The Bertz CT molecular complexity index is 361. The Morgan fingerprint density at radius 1 is 0.900 bits per heavy atom. The Morgan fingerprint density at radius 2 is 1.35 bits per heavy atom. The summed E-state index contributed by atoms with van der Waals surface area (Å²) < 4.78 is 10.3. The van der Waals surface area contributed by atoms with Gasteiger partial charge in [-0.1, -0.05) is 34.6 Å². The summed E-state index contributed by atoms with van der Waals surface area (Å²) in [5.74, 6) is -0.840. The summed E-state index contributed by atoms with van der Waals surface area (Å²) in [6.07, 6.45) is 2.00. The predicted octanol–water partition coefficient (Wildman–Crippen LogP) is 3.65. The number of carbonyl (C=O) groups is 2. The van der Waals surface area contributed by atoms with E-state index in [0.717, 1.165) is 12.8 Å². The van der Waals surface area contributed by atoms with E-state index in [1.165, 1.54) is 0 Å². The first-order valence-electron chi connectivity index (χ1n) is 7.27. The molecule has 0 aliphatic rings. The van der Waals surface area contributed by atoms with E-state index in [-0.39, 0.29) is 5.41 Å². The van der Waals surface area contributed by atoms with Crippen molar-refractivity contribution in [1.29, 1.82) is 0 Å². The maximum Gasteiger partial charge on any atom is 0.334 e. The predicted molar refractivity (Wildman–Crippen MR) is 79.3 cm³/mol. The molecule has 0 spiro atoms. The molecule has 0 heterocycles.